The van der Waals surface area contributed by atoms with Crippen molar-refractivity contribution in [1.29, 1.82) is 0 Å². The van der Waals surface area contributed by atoms with Crippen LogP contribution < -0.4 is 5.32 Å². The number of rotatable bonds is 4. The van der Waals surface area contributed by atoms with E-state index in [0.717, 1.165) is 29.8 Å². The minimum atomic E-state index is 0.605. The van der Waals surface area contributed by atoms with Gasteiger partial charge in [0.1, 0.15) is 0 Å². The van der Waals surface area contributed by atoms with Crippen molar-refractivity contribution in [1.82, 2.24) is 15.2 Å². The topological polar surface area (TPSA) is 28.2 Å². The molecule has 2 rings (SSSR count). The first kappa shape index (κ1) is 14.9. The minimum Gasteiger partial charge on any atom is -0.311 e. The van der Waals surface area contributed by atoms with Crippen LogP contribution in [0.5, 0.6) is 0 Å². The second-order valence-electron chi connectivity index (χ2n) is 5.72. The van der Waals surface area contributed by atoms with E-state index < -0.39 is 0 Å². The van der Waals surface area contributed by atoms with Crippen molar-refractivity contribution < 1.29 is 0 Å². The maximum atomic E-state index is 4.51. The van der Waals surface area contributed by atoms with Crippen LogP contribution in [0.4, 0.5) is 0 Å². The summed E-state index contributed by atoms with van der Waals surface area (Å²) in [4.78, 5) is 7.10. The molecule has 1 aromatic rings. The summed E-state index contributed by atoms with van der Waals surface area (Å²) in [6, 6.07) is 5.41. The van der Waals surface area contributed by atoms with Crippen molar-refractivity contribution >= 4 is 15.9 Å². The number of piperazine rings is 1. The molecule has 2 heterocycles. The molecular weight excluding hydrogens is 302 g/mol. The normalized spacial score (nSPS) is 24.9. The monoisotopic (exact) mass is 325 g/mol. The highest BCUT2D eigenvalue weighted by Gasteiger charge is 2.29. The summed E-state index contributed by atoms with van der Waals surface area (Å²) in [5, 5.41) is 3.66. The minimum absolute atomic E-state index is 0.605. The Hall–Kier alpha value is -0.450. The lowest BCUT2D eigenvalue weighted by atomic mass is 9.97. The molecule has 0 aromatic carbocycles. The Morgan fingerprint density at radius 2 is 2.26 bits per heavy atom. The molecule has 1 aliphatic rings. The summed E-state index contributed by atoms with van der Waals surface area (Å²) in [6.07, 6.45) is 3.08. The lowest BCUT2D eigenvalue weighted by Crippen LogP contribution is -2.57. The predicted molar refractivity (Wildman–Crippen MR) is 83.1 cm³/mol. The number of aromatic nitrogens is 1. The first-order valence-corrected chi connectivity index (χ1v) is 7.97. The zero-order valence-corrected chi connectivity index (χ0v) is 13.7. The third-order valence-electron chi connectivity index (χ3n) is 3.96. The first-order chi connectivity index (χ1) is 9.10. The van der Waals surface area contributed by atoms with Crippen LogP contribution in [-0.2, 0) is 6.54 Å². The van der Waals surface area contributed by atoms with E-state index in [0.29, 0.717) is 18.0 Å². The highest BCUT2D eigenvalue weighted by Crippen LogP contribution is 2.19. The van der Waals surface area contributed by atoms with Crippen LogP contribution in [0, 0.1) is 5.92 Å². The van der Waals surface area contributed by atoms with Gasteiger partial charge in [0.05, 0.1) is 5.69 Å². The second-order valence-corrected chi connectivity index (χ2v) is 6.64. The van der Waals surface area contributed by atoms with E-state index in [2.05, 4.69) is 64.0 Å². The van der Waals surface area contributed by atoms with Gasteiger partial charge in [-0.25, -0.2) is 0 Å². The molecular formula is C15H24BrN3. The molecule has 1 aromatic heterocycles. The summed E-state index contributed by atoms with van der Waals surface area (Å²) in [6.45, 7) is 10.0. The van der Waals surface area contributed by atoms with Gasteiger partial charge in [-0.3, -0.25) is 9.88 Å². The van der Waals surface area contributed by atoms with Crippen LogP contribution in [0.2, 0.25) is 0 Å². The molecule has 0 aliphatic carbocycles. The van der Waals surface area contributed by atoms with Gasteiger partial charge in [0.25, 0.3) is 0 Å². The number of pyridine rings is 1. The van der Waals surface area contributed by atoms with Crippen molar-refractivity contribution in [3.05, 3.63) is 28.5 Å². The Morgan fingerprint density at radius 3 is 2.84 bits per heavy atom. The molecule has 1 aliphatic heterocycles. The number of hydrogen-bond donors (Lipinski definition) is 1. The lowest BCUT2D eigenvalue weighted by Gasteiger charge is -2.42. The Balaban J connectivity index is 2.06. The molecule has 106 valence electrons. The molecule has 1 N–H and O–H groups in total. The van der Waals surface area contributed by atoms with E-state index in [1.54, 1.807) is 0 Å². The summed E-state index contributed by atoms with van der Waals surface area (Å²) >= 11 is 3.44. The number of nitrogens with one attached hydrogen (secondary N) is 1. The molecule has 1 saturated heterocycles. The van der Waals surface area contributed by atoms with Crippen molar-refractivity contribution in [3.8, 4) is 0 Å². The summed E-state index contributed by atoms with van der Waals surface area (Å²) < 4.78 is 1.04. The van der Waals surface area contributed by atoms with E-state index in [-0.39, 0.29) is 0 Å². The van der Waals surface area contributed by atoms with Crippen molar-refractivity contribution in [3.63, 3.8) is 0 Å². The quantitative estimate of drug-likeness (QED) is 0.922. The fourth-order valence-corrected chi connectivity index (χ4v) is 2.95. The number of hydrogen-bond acceptors (Lipinski definition) is 3. The summed E-state index contributed by atoms with van der Waals surface area (Å²) in [5.41, 5.74) is 1.16. The molecule has 0 bridgehead atoms. The van der Waals surface area contributed by atoms with Gasteiger partial charge in [-0.15, -0.1) is 0 Å². The van der Waals surface area contributed by atoms with Crippen LogP contribution in [0.25, 0.3) is 0 Å². The lowest BCUT2D eigenvalue weighted by molar-refractivity contribution is 0.0888. The molecule has 0 saturated carbocycles. The van der Waals surface area contributed by atoms with Crippen LogP contribution >= 0.6 is 15.9 Å². The fraction of sp³-hybridized carbons (Fsp3) is 0.667. The second kappa shape index (κ2) is 6.82. The molecule has 0 amide bonds. The average molecular weight is 326 g/mol. The van der Waals surface area contributed by atoms with Gasteiger partial charge in [-0.05, 0) is 40.4 Å². The van der Waals surface area contributed by atoms with Crippen LogP contribution in [0.3, 0.4) is 0 Å². The van der Waals surface area contributed by atoms with Gasteiger partial charge < -0.3 is 5.32 Å². The van der Waals surface area contributed by atoms with Crippen molar-refractivity contribution in [2.24, 2.45) is 5.92 Å². The Kier molecular flexibility index (Phi) is 5.37. The standard InChI is InChI=1S/C15H24BrN3/c1-4-13-9-19(15(8-18-13)11(2)3)10-14-6-5-12(16)7-17-14/h5-7,11,13,15,18H,4,8-10H2,1-3H3. The smallest absolute Gasteiger partial charge is 0.0544 e. The highest BCUT2D eigenvalue weighted by atomic mass is 79.9. The van der Waals surface area contributed by atoms with Gasteiger partial charge >= 0.3 is 0 Å². The third kappa shape index (κ3) is 4.01. The molecule has 2 atom stereocenters. The maximum Gasteiger partial charge on any atom is 0.0544 e. The SMILES string of the molecule is CCC1CN(Cc2ccc(Br)cn2)C(C(C)C)CN1. The number of nitrogens with zero attached hydrogens (tertiary/aromatic N) is 2. The fourth-order valence-electron chi connectivity index (χ4n) is 2.72. The maximum absolute atomic E-state index is 4.51. The van der Waals surface area contributed by atoms with E-state index in [9.17, 15) is 0 Å². The average Bonchev–Trinajstić information content (AvgIpc) is 2.41. The molecule has 2 unspecified atom stereocenters. The van der Waals surface area contributed by atoms with Gasteiger partial charge in [-0.2, -0.15) is 0 Å². The molecule has 0 radical (unpaired) electrons. The van der Waals surface area contributed by atoms with E-state index >= 15 is 0 Å². The Morgan fingerprint density at radius 1 is 1.47 bits per heavy atom. The van der Waals surface area contributed by atoms with Gasteiger partial charge in [0.15, 0.2) is 0 Å². The Labute approximate surface area is 124 Å². The molecule has 0 spiro atoms. The van der Waals surface area contributed by atoms with Gasteiger partial charge in [-0.1, -0.05) is 20.8 Å². The van der Waals surface area contributed by atoms with E-state index in [4.69, 9.17) is 0 Å². The number of halogens is 1. The Bertz CT molecular complexity index is 391. The molecule has 19 heavy (non-hydrogen) atoms. The van der Waals surface area contributed by atoms with Crippen LogP contribution in [0.15, 0.2) is 22.8 Å². The third-order valence-corrected chi connectivity index (χ3v) is 4.42. The van der Waals surface area contributed by atoms with Crippen molar-refractivity contribution in [2.45, 2.75) is 45.8 Å². The van der Waals surface area contributed by atoms with Gasteiger partial charge in [0.2, 0.25) is 0 Å². The predicted octanol–water partition coefficient (Wildman–Crippen LogP) is 3.05. The largest absolute Gasteiger partial charge is 0.311 e. The first-order valence-electron chi connectivity index (χ1n) is 7.18. The summed E-state index contributed by atoms with van der Waals surface area (Å²) in [7, 11) is 0. The van der Waals surface area contributed by atoms with Crippen LogP contribution in [-0.4, -0.2) is 35.1 Å². The zero-order chi connectivity index (χ0) is 13.8. The van der Waals surface area contributed by atoms with Gasteiger partial charge in [0, 0.05) is 42.4 Å². The summed E-state index contributed by atoms with van der Waals surface area (Å²) in [5.74, 6) is 0.667. The highest BCUT2D eigenvalue weighted by molar-refractivity contribution is 9.10. The van der Waals surface area contributed by atoms with Crippen LogP contribution in [0.1, 0.15) is 32.9 Å². The van der Waals surface area contributed by atoms with E-state index in [1.807, 2.05) is 6.20 Å². The molecule has 3 nitrogen and oxygen atoms in total. The van der Waals surface area contributed by atoms with E-state index in [1.165, 1.54) is 6.42 Å². The van der Waals surface area contributed by atoms with Crippen molar-refractivity contribution in [2.75, 3.05) is 13.1 Å². The molecule has 1 fully saturated rings. The zero-order valence-electron chi connectivity index (χ0n) is 12.1. The molecule has 4 heteroatoms.